The van der Waals surface area contributed by atoms with Gasteiger partial charge in [-0.1, -0.05) is 12.1 Å². The second kappa shape index (κ2) is 7.19. The molecule has 1 aliphatic heterocycles. The van der Waals surface area contributed by atoms with E-state index in [1.54, 1.807) is 0 Å². The molecule has 1 atom stereocenters. The molecule has 3 aromatic rings. The van der Waals surface area contributed by atoms with Gasteiger partial charge in [0, 0.05) is 30.0 Å². The number of aryl methyl sites for hydroxylation is 2. The third-order valence-corrected chi connectivity index (χ3v) is 4.87. The van der Waals surface area contributed by atoms with Crippen LogP contribution in [0.3, 0.4) is 0 Å². The fourth-order valence-electron chi connectivity index (χ4n) is 3.32. The number of hydrogen-bond acceptors (Lipinski definition) is 4. The van der Waals surface area contributed by atoms with Crippen LogP contribution in [0.5, 0.6) is 0 Å². The number of benzene rings is 2. The van der Waals surface area contributed by atoms with Gasteiger partial charge in [-0.15, -0.1) is 0 Å². The van der Waals surface area contributed by atoms with E-state index in [9.17, 15) is 0 Å². The fraction of sp³-hybridized carbons (Fsp3) is 0.227. The van der Waals surface area contributed by atoms with Crippen LogP contribution in [0.4, 0.5) is 11.4 Å². The Kier molecular flexibility index (Phi) is 4.59. The highest BCUT2D eigenvalue weighted by Gasteiger charge is 2.18. The molecule has 0 aliphatic carbocycles. The zero-order valence-corrected chi connectivity index (χ0v) is 15.9. The lowest BCUT2D eigenvalue weighted by Gasteiger charge is -2.22. The molecule has 0 fully saturated rings. The van der Waals surface area contributed by atoms with E-state index in [1.807, 2.05) is 31.9 Å². The van der Waals surface area contributed by atoms with Crippen molar-refractivity contribution in [3.8, 4) is 5.69 Å². The topological polar surface area (TPSA) is 45.8 Å². The van der Waals surface area contributed by atoms with Crippen LogP contribution in [0, 0.1) is 13.8 Å². The van der Waals surface area contributed by atoms with Gasteiger partial charge in [-0.05, 0) is 62.2 Å². The standard InChI is InChI=1S/C22H23N5/c1-16-12-20(6-9-22(16)27-15-23-13-17(27)2)25-14-19-4-7-21(8-5-19)26-11-10-24-18(26)3/h4-12,14-15,17H,13H2,1-3H3. The Morgan fingerprint density at radius 1 is 1.11 bits per heavy atom. The highest BCUT2D eigenvalue weighted by molar-refractivity contribution is 5.85. The average Bonchev–Trinajstić information content (AvgIpc) is 3.29. The van der Waals surface area contributed by atoms with Crippen molar-refractivity contribution >= 4 is 23.9 Å². The molecule has 27 heavy (non-hydrogen) atoms. The summed E-state index contributed by atoms with van der Waals surface area (Å²) in [5, 5.41) is 0. The number of hydrogen-bond donors (Lipinski definition) is 0. The predicted octanol–water partition coefficient (Wildman–Crippen LogP) is 4.48. The molecule has 5 nitrogen and oxygen atoms in total. The molecule has 0 amide bonds. The highest BCUT2D eigenvalue weighted by atomic mass is 15.2. The van der Waals surface area contributed by atoms with Crippen molar-refractivity contribution in [3.05, 3.63) is 71.8 Å². The van der Waals surface area contributed by atoms with E-state index in [1.165, 1.54) is 11.3 Å². The van der Waals surface area contributed by atoms with Gasteiger partial charge in [0.2, 0.25) is 0 Å². The SMILES string of the molecule is Cc1cc(N=Cc2ccc(-n3ccnc3C)cc2)ccc1N1C=NCC1C. The third kappa shape index (κ3) is 3.53. The van der Waals surface area contributed by atoms with Crippen molar-refractivity contribution in [3.63, 3.8) is 0 Å². The number of aliphatic imine (C=N–C) groups is 2. The summed E-state index contributed by atoms with van der Waals surface area (Å²) in [6.07, 6.45) is 7.61. The monoisotopic (exact) mass is 357 g/mol. The number of imidazole rings is 1. The summed E-state index contributed by atoms with van der Waals surface area (Å²) in [7, 11) is 0. The summed E-state index contributed by atoms with van der Waals surface area (Å²) in [5.74, 6) is 0.976. The normalized spacial score (nSPS) is 16.6. The molecular weight excluding hydrogens is 334 g/mol. The van der Waals surface area contributed by atoms with Crippen LogP contribution in [0.15, 0.2) is 64.8 Å². The maximum absolute atomic E-state index is 4.64. The van der Waals surface area contributed by atoms with Crippen molar-refractivity contribution in [2.75, 3.05) is 11.4 Å². The summed E-state index contributed by atoms with van der Waals surface area (Å²) in [4.78, 5) is 15.5. The Hall–Kier alpha value is -3.21. The van der Waals surface area contributed by atoms with Crippen molar-refractivity contribution < 1.29 is 0 Å². The molecule has 0 saturated carbocycles. The Morgan fingerprint density at radius 2 is 1.93 bits per heavy atom. The van der Waals surface area contributed by atoms with Gasteiger partial charge in [-0.2, -0.15) is 0 Å². The first-order valence-electron chi connectivity index (χ1n) is 9.15. The lowest BCUT2D eigenvalue weighted by atomic mass is 10.1. The van der Waals surface area contributed by atoms with Crippen LogP contribution in [-0.4, -0.2) is 34.7 Å². The van der Waals surface area contributed by atoms with E-state index in [-0.39, 0.29) is 0 Å². The Labute approximate surface area is 159 Å². The van der Waals surface area contributed by atoms with E-state index in [0.717, 1.165) is 29.3 Å². The highest BCUT2D eigenvalue weighted by Crippen LogP contribution is 2.27. The minimum absolute atomic E-state index is 0.413. The van der Waals surface area contributed by atoms with E-state index in [4.69, 9.17) is 0 Å². The Balaban J connectivity index is 1.50. The summed E-state index contributed by atoms with van der Waals surface area (Å²) >= 11 is 0. The summed E-state index contributed by atoms with van der Waals surface area (Å²) in [6, 6.07) is 15.0. The van der Waals surface area contributed by atoms with Gasteiger partial charge in [-0.25, -0.2) is 4.98 Å². The molecule has 136 valence electrons. The first-order chi connectivity index (χ1) is 13.1. The molecule has 1 unspecified atom stereocenters. The largest absolute Gasteiger partial charge is 0.328 e. The summed E-state index contributed by atoms with van der Waals surface area (Å²) < 4.78 is 2.06. The first-order valence-corrected chi connectivity index (χ1v) is 9.15. The molecule has 2 heterocycles. The van der Waals surface area contributed by atoms with Gasteiger partial charge in [0.25, 0.3) is 0 Å². The molecular formula is C22H23N5. The molecule has 0 bridgehead atoms. The van der Waals surface area contributed by atoms with Gasteiger partial charge < -0.3 is 9.47 Å². The van der Waals surface area contributed by atoms with Crippen LogP contribution in [0.2, 0.25) is 0 Å². The van der Waals surface area contributed by atoms with E-state index in [0.29, 0.717) is 6.04 Å². The molecule has 1 aliphatic rings. The molecule has 0 spiro atoms. The van der Waals surface area contributed by atoms with Gasteiger partial charge >= 0.3 is 0 Å². The van der Waals surface area contributed by atoms with Crippen LogP contribution >= 0.6 is 0 Å². The first kappa shape index (κ1) is 17.2. The molecule has 0 N–H and O–H groups in total. The smallest absolute Gasteiger partial charge is 0.110 e. The second-order valence-electron chi connectivity index (χ2n) is 6.90. The molecule has 2 aromatic carbocycles. The second-order valence-corrected chi connectivity index (χ2v) is 6.90. The van der Waals surface area contributed by atoms with Crippen LogP contribution < -0.4 is 4.90 Å². The Bertz CT molecular complexity index is 998. The lowest BCUT2D eigenvalue weighted by Crippen LogP contribution is -2.28. The van der Waals surface area contributed by atoms with Crippen molar-refractivity contribution in [1.82, 2.24) is 9.55 Å². The van der Waals surface area contributed by atoms with Crippen molar-refractivity contribution in [2.45, 2.75) is 26.8 Å². The maximum atomic E-state index is 4.64. The van der Waals surface area contributed by atoms with E-state index < -0.39 is 0 Å². The fourth-order valence-corrected chi connectivity index (χ4v) is 3.32. The number of anilines is 1. The third-order valence-electron chi connectivity index (χ3n) is 4.87. The summed E-state index contributed by atoms with van der Waals surface area (Å²) in [6.45, 7) is 7.16. The minimum Gasteiger partial charge on any atom is -0.328 e. The quantitative estimate of drug-likeness (QED) is 0.647. The summed E-state index contributed by atoms with van der Waals surface area (Å²) in [5.41, 5.74) is 5.52. The van der Waals surface area contributed by atoms with Crippen LogP contribution in [-0.2, 0) is 0 Å². The van der Waals surface area contributed by atoms with Crippen molar-refractivity contribution in [1.29, 1.82) is 0 Å². The van der Waals surface area contributed by atoms with Crippen LogP contribution in [0.25, 0.3) is 5.69 Å². The lowest BCUT2D eigenvalue weighted by molar-refractivity contribution is 0.785. The van der Waals surface area contributed by atoms with E-state index in [2.05, 4.69) is 80.7 Å². The Morgan fingerprint density at radius 3 is 2.56 bits per heavy atom. The zero-order chi connectivity index (χ0) is 18.8. The van der Waals surface area contributed by atoms with Gasteiger partial charge in [0.1, 0.15) is 5.82 Å². The van der Waals surface area contributed by atoms with Gasteiger partial charge in [-0.3, -0.25) is 9.98 Å². The van der Waals surface area contributed by atoms with E-state index >= 15 is 0 Å². The van der Waals surface area contributed by atoms with Gasteiger partial charge in [0.15, 0.2) is 0 Å². The average molecular weight is 357 g/mol. The predicted molar refractivity (Wildman–Crippen MR) is 112 cm³/mol. The van der Waals surface area contributed by atoms with Crippen molar-refractivity contribution in [2.24, 2.45) is 9.98 Å². The van der Waals surface area contributed by atoms with Gasteiger partial charge in [0.05, 0.1) is 24.6 Å². The molecule has 4 rings (SSSR count). The molecule has 0 radical (unpaired) electrons. The molecule has 1 aromatic heterocycles. The maximum Gasteiger partial charge on any atom is 0.110 e. The minimum atomic E-state index is 0.413. The number of nitrogens with zero attached hydrogens (tertiary/aromatic N) is 5. The molecule has 5 heteroatoms. The number of aromatic nitrogens is 2. The molecule has 0 saturated heterocycles. The zero-order valence-electron chi connectivity index (χ0n) is 15.9. The number of rotatable bonds is 4. The van der Waals surface area contributed by atoms with Crippen LogP contribution in [0.1, 0.15) is 23.9 Å².